The summed E-state index contributed by atoms with van der Waals surface area (Å²) in [5.74, 6) is 0.348. The van der Waals surface area contributed by atoms with Crippen LogP contribution in [0.25, 0.3) is 0 Å². The molecule has 0 radical (unpaired) electrons. The molecule has 190 valence electrons. The number of benzene rings is 2. The van der Waals surface area contributed by atoms with Crippen molar-refractivity contribution in [1.29, 1.82) is 0 Å². The molecule has 0 aliphatic heterocycles. The predicted octanol–water partition coefficient (Wildman–Crippen LogP) is 6.42. The Kier molecular flexibility index (Phi) is 9.00. The van der Waals surface area contributed by atoms with Gasteiger partial charge in [0.2, 0.25) is 0 Å². The van der Waals surface area contributed by atoms with Crippen molar-refractivity contribution in [1.82, 2.24) is 0 Å². The number of allylic oxidation sites excluding steroid dienone is 1. The number of hydrogen-bond acceptors (Lipinski definition) is 3. The smallest absolute Gasteiger partial charge is 0.305 e. The van der Waals surface area contributed by atoms with Crippen molar-refractivity contribution in [3.8, 4) is 0 Å². The number of carbonyl (C=O) groups excluding carboxylic acids is 1. The molecule has 0 spiro atoms. The molecule has 0 unspecified atom stereocenters. The van der Waals surface area contributed by atoms with Crippen molar-refractivity contribution in [2.24, 2.45) is 11.8 Å². The Bertz CT molecular complexity index is 935. The average Bonchev–Trinajstić information content (AvgIpc) is 3.17. The standard InChI is InChI=1S/C30H44O3Si2/c1-30(2,3)35(25-15-10-8-11-16-25,26-17-12-9-13-18-26)33-28-21-20-24(23-29(31)32-4)27(28)19-14-22-34(5,6)7/h8-19,24,27-28H,20-23H2,1-7H3/b19-14+/t24-,27+,28-/m1/s1. The van der Waals surface area contributed by atoms with E-state index in [-0.39, 0.29) is 28.9 Å². The molecule has 1 aliphatic carbocycles. The van der Waals surface area contributed by atoms with Crippen LogP contribution < -0.4 is 10.4 Å². The number of carbonyl (C=O) groups is 1. The lowest BCUT2D eigenvalue weighted by Crippen LogP contribution is -2.68. The number of hydrogen-bond donors (Lipinski definition) is 0. The van der Waals surface area contributed by atoms with Gasteiger partial charge >= 0.3 is 5.97 Å². The second-order valence-corrected chi connectivity index (χ2v) is 22.0. The lowest BCUT2D eigenvalue weighted by Gasteiger charge is -2.45. The summed E-state index contributed by atoms with van der Waals surface area (Å²) in [4.78, 5) is 12.3. The van der Waals surface area contributed by atoms with Crippen LogP contribution in [0.3, 0.4) is 0 Å². The van der Waals surface area contributed by atoms with E-state index in [4.69, 9.17) is 9.16 Å². The molecule has 3 rings (SSSR count). The van der Waals surface area contributed by atoms with Gasteiger partial charge in [-0.2, -0.15) is 0 Å². The van der Waals surface area contributed by atoms with E-state index in [0.717, 1.165) is 18.9 Å². The molecule has 0 amide bonds. The van der Waals surface area contributed by atoms with E-state index in [1.165, 1.54) is 17.5 Å². The van der Waals surface area contributed by atoms with E-state index >= 15 is 0 Å². The fraction of sp³-hybridized carbons (Fsp3) is 0.500. The Morgan fingerprint density at radius 3 is 1.94 bits per heavy atom. The van der Waals surface area contributed by atoms with Crippen molar-refractivity contribution >= 4 is 32.7 Å². The van der Waals surface area contributed by atoms with Crippen molar-refractivity contribution in [3.63, 3.8) is 0 Å². The molecular formula is C30H44O3Si2. The van der Waals surface area contributed by atoms with Crippen LogP contribution in [0.5, 0.6) is 0 Å². The Hall–Kier alpha value is -1.96. The quantitative estimate of drug-likeness (QED) is 0.223. The van der Waals surface area contributed by atoms with Crippen LogP contribution in [-0.4, -0.2) is 35.6 Å². The predicted molar refractivity (Wildman–Crippen MR) is 153 cm³/mol. The lowest BCUT2D eigenvalue weighted by molar-refractivity contribution is -0.141. The van der Waals surface area contributed by atoms with Crippen LogP contribution in [0.4, 0.5) is 0 Å². The van der Waals surface area contributed by atoms with Gasteiger partial charge in [0, 0.05) is 20.4 Å². The fourth-order valence-corrected chi connectivity index (χ4v) is 11.1. The maximum absolute atomic E-state index is 12.3. The van der Waals surface area contributed by atoms with Crippen molar-refractivity contribution in [3.05, 3.63) is 72.8 Å². The van der Waals surface area contributed by atoms with E-state index in [0.29, 0.717) is 6.42 Å². The van der Waals surface area contributed by atoms with Gasteiger partial charge in [-0.3, -0.25) is 4.79 Å². The summed E-state index contributed by atoms with van der Waals surface area (Å²) in [5.41, 5.74) is 0. The topological polar surface area (TPSA) is 35.5 Å². The zero-order chi connectivity index (χ0) is 25.7. The molecule has 3 atom stereocenters. The van der Waals surface area contributed by atoms with Gasteiger partial charge in [-0.15, -0.1) is 0 Å². The summed E-state index contributed by atoms with van der Waals surface area (Å²) in [7, 11) is -2.37. The van der Waals surface area contributed by atoms with Crippen LogP contribution >= 0.6 is 0 Å². The second kappa shape index (κ2) is 11.4. The van der Waals surface area contributed by atoms with Crippen LogP contribution in [0.15, 0.2) is 72.8 Å². The highest BCUT2D eigenvalue weighted by Crippen LogP contribution is 2.44. The molecule has 0 saturated heterocycles. The number of rotatable bonds is 9. The first-order valence-corrected chi connectivity index (χ1v) is 18.6. The van der Waals surface area contributed by atoms with Crippen LogP contribution in [0.2, 0.25) is 30.7 Å². The Morgan fingerprint density at radius 1 is 0.943 bits per heavy atom. The van der Waals surface area contributed by atoms with Crippen LogP contribution in [0.1, 0.15) is 40.0 Å². The maximum atomic E-state index is 12.3. The highest BCUT2D eigenvalue weighted by molar-refractivity contribution is 6.99. The van der Waals surface area contributed by atoms with Gasteiger partial charge in [0.1, 0.15) is 0 Å². The first-order valence-electron chi connectivity index (χ1n) is 13.0. The minimum atomic E-state index is -2.65. The van der Waals surface area contributed by atoms with Crippen molar-refractivity contribution < 1.29 is 14.0 Å². The first-order chi connectivity index (χ1) is 16.5. The molecule has 1 saturated carbocycles. The summed E-state index contributed by atoms with van der Waals surface area (Å²) in [5, 5.41) is 2.54. The lowest BCUT2D eigenvalue weighted by atomic mass is 9.91. The molecule has 35 heavy (non-hydrogen) atoms. The summed E-state index contributed by atoms with van der Waals surface area (Å²) >= 11 is 0. The third kappa shape index (κ3) is 6.63. The molecule has 0 heterocycles. The van der Waals surface area contributed by atoms with E-state index in [1.807, 2.05) is 0 Å². The SMILES string of the molecule is COC(=O)C[C@H]1CC[C@@H](O[Si](c2ccccc2)(c2ccccc2)C(C)(C)C)[C@H]1/C=C/C[Si](C)(C)C. The summed E-state index contributed by atoms with van der Waals surface area (Å²) < 4.78 is 12.6. The Balaban J connectivity index is 2.06. The summed E-state index contributed by atoms with van der Waals surface area (Å²) in [6, 6.07) is 22.8. The third-order valence-electron chi connectivity index (χ3n) is 7.29. The van der Waals surface area contributed by atoms with E-state index in [2.05, 4.69) is 113 Å². The van der Waals surface area contributed by atoms with Crippen LogP contribution in [-0.2, 0) is 14.0 Å². The van der Waals surface area contributed by atoms with Gasteiger partial charge in [-0.1, -0.05) is 113 Å². The van der Waals surface area contributed by atoms with Gasteiger partial charge in [0.15, 0.2) is 0 Å². The Morgan fingerprint density at radius 2 is 1.49 bits per heavy atom. The minimum Gasteiger partial charge on any atom is -0.469 e. The van der Waals surface area contributed by atoms with E-state index < -0.39 is 16.4 Å². The van der Waals surface area contributed by atoms with Gasteiger partial charge in [-0.05, 0) is 40.2 Å². The molecule has 3 nitrogen and oxygen atoms in total. The number of esters is 1. The molecule has 1 fully saturated rings. The zero-order valence-corrected chi connectivity index (χ0v) is 24.7. The molecule has 0 bridgehead atoms. The fourth-order valence-electron chi connectivity index (χ4n) is 5.52. The zero-order valence-electron chi connectivity index (χ0n) is 22.7. The van der Waals surface area contributed by atoms with Gasteiger partial charge in [0.25, 0.3) is 8.32 Å². The summed E-state index contributed by atoms with van der Waals surface area (Å²) in [6.45, 7) is 14.2. The highest BCUT2D eigenvalue weighted by Gasteiger charge is 2.53. The molecule has 5 heteroatoms. The van der Waals surface area contributed by atoms with E-state index in [9.17, 15) is 4.79 Å². The van der Waals surface area contributed by atoms with Crippen LogP contribution in [0, 0.1) is 11.8 Å². The van der Waals surface area contributed by atoms with Gasteiger partial charge < -0.3 is 9.16 Å². The van der Waals surface area contributed by atoms with Crippen molar-refractivity contribution in [2.45, 2.75) is 76.9 Å². The number of methoxy groups -OCH3 is 1. The first kappa shape index (κ1) is 27.6. The van der Waals surface area contributed by atoms with Gasteiger partial charge in [0.05, 0.1) is 13.2 Å². The minimum absolute atomic E-state index is 0.0667. The number of ether oxygens (including phenoxy) is 1. The molecule has 2 aromatic rings. The molecule has 2 aromatic carbocycles. The summed E-state index contributed by atoms with van der Waals surface area (Å²) in [6.07, 6.45) is 7.23. The molecule has 0 N–H and O–H groups in total. The molecule has 0 aromatic heterocycles. The Labute approximate surface area is 215 Å². The highest BCUT2D eigenvalue weighted by atomic mass is 28.4. The molecule has 1 aliphatic rings. The van der Waals surface area contributed by atoms with Crippen molar-refractivity contribution in [2.75, 3.05) is 7.11 Å². The third-order valence-corrected chi connectivity index (χ3v) is 13.8. The monoisotopic (exact) mass is 508 g/mol. The normalized spacial score (nSPS) is 21.4. The largest absolute Gasteiger partial charge is 0.469 e. The van der Waals surface area contributed by atoms with E-state index in [1.54, 1.807) is 0 Å². The molecular weight excluding hydrogens is 464 g/mol. The van der Waals surface area contributed by atoms with Gasteiger partial charge in [-0.25, -0.2) is 0 Å². The maximum Gasteiger partial charge on any atom is 0.305 e. The second-order valence-electron chi connectivity index (χ2n) is 12.2. The average molecular weight is 509 g/mol.